The summed E-state index contributed by atoms with van der Waals surface area (Å²) >= 11 is 5.67. The topological polar surface area (TPSA) is 46.6 Å². The summed E-state index contributed by atoms with van der Waals surface area (Å²) in [5.74, 6) is -0.602. The Morgan fingerprint density at radius 1 is 1.44 bits per heavy atom. The number of hydrogen-bond donors (Lipinski definition) is 0. The fraction of sp³-hybridized carbons (Fsp3) is 0.455. The lowest BCUT2D eigenvalue weighted by atomic mass is 10.2. The smallest absolute Gasteiger partial charge is 0.243 e. The summed E-state index contributed by atoms with van der Waals surface area (Å²) in [4.78, 5) is -0.101. The average molecular weight is 296 g/mol. The van der Waals surface area contributed by atoms with Crippen molar-refractivity contribution in [1.82, 2.24) is 4.31 Å². The van der Waals surface area contributed by atoms with Gasteiger partial charge < -0.3 is 4.74 Å². The summed E-state index contributed by atoms with van der Waals surface area (Å²) in [6.07, 6.45) is 0. The molecule has 102 valence electrons. The van der Waals surface area contributed by atoms with Crippen LogP contribution in [-0.2, 0) is 20.6 Å². The Bertz CT molecular complexity index is 507. The van der Waals surface area contributed by atoms with Crippen LogP contribution in [-0.4, -0.2) is 40.0 Å². The van der Waals surface area contributed by atoms with E-state index in [0.717, 1.165) is 10.4 Å². The van der Waals surface area contributed by atoms with E-state index >= 15 is 0 Å². The Balaban J connectivity index is 3.14. The molecule has 0 fully saturated rings. The van der Waals surface area contributed by atoms with E-state index in [1.54, 1.807) is 0 Å². The second kappa shape index (κ2) is 6.47. The quantitative estimate of drug-likeness (QED) is 0.752. The predicted molar refractivity (Wildman–Crippen MR) is 67.6 cm³/mol. The molecule has 0 N–H and O–H groups in total. The van der Waals surface area contributed by atoms with E-state index in [9.17, 15) is 12.8 Å². The molecule has 4 nitrogen and oxygen atoms in total. The van der Waals surface area contributed by atoms with Crippen LogP contribution in [0, 0.1) is 5.82 Å². The first-order valence-electron chi connectivity index (χ1n) is 5.23. The molecule has 0 radical (unpaired) electrons. The summed E-state index contributed by atoms with van der Waals surface area (Å²) in [5.41, 5.74) is 0.377. The van der Waals surface area contributed by atoms with Crippen LogP contribution in [0.2, 0.25) is 0 Å². The molecule has 0 saturated heterocycles. The fourth-order valence-corrected chi connectivity index (χ4v) is 3.08. The van der Waals surface area contributed by atoms with E-state index in [-0.39, 0.29) is 23.9 Å². The van der Waals surface area contributed by atoms with Gasteiger partial charge in [0.15, 0.2) is 0 Å². The van der Waals surface area contributed by atoms with Gasteiger partial charge in [-0.15, -0.1) is 11.6 Å². The van der Waals surface area contributed by atoms with Gasteiger partial charge in [0.25, 0.3) is 0 Å². The Hall–Kier alpha value is -0.690. The van der Waals surface area contributed by atoms with Gasteiger partial charge in [-0.1, -0.05) is 6.07 Å². The molecule has 0 bridgehead atoms. The van der Waals surface area contributed by atoms with Crippen LogP contribution in [0.15, 0.2) is 23.1 Å². The monoisotopic (exact) mass is 295 g/mol. The summed E-state index contributed by atoms with van der Waals surface area (Å²) in [7, 11) is -0.855. The van der Waals surface area contributed by atoms with Crippen molar-refractivity contribution < 1.29 is 17.5 Å². The van der Waals surface area contributed by atoms with Gasteiger partial charge in [-0.25, -0.2) is 12.8 Å². The zero-order valence-electron chi connectivity index (χ0n) is 10.2. The molecule has 0 amide bonds. The van der Waals surface area contributed by atoms with E-state index < -0.39 is 15.8 Å². The molecule has 0 aliphatic rings. The first-order chi connectivity index (χ1) is 8.43. The molecule has 1 aromatic rings. The Morgan fingerprint density at radius 2 is 2.11 bits per heavy atom. The molecule has 0 unspecified atom stereocenters. The molecule has 0 aliphatic heterocycles. The highest BCUT2D eigenvalue weighted by atomic mass is 35.5. The van der Waals surface area contributed by atoms with Crippen LogP contribution in [0.1, 0.15) is 5.56 Å². The molecule has 0 aromatic heterocycles. The van der Waals surface area contributed by atoms with Gasteiger partial charge in [-0.2, -0.15) is 4.31 Å². The van der Waals surface area contributed by atoms with E-state index in [4.69, 9.17) is 16.3 Å². The first kappa shape index (κ1) is 15.4. The third-order valence-corrected chi connectivity index (χ3v) is 4.70. The molecule has 0 heterocycles. The number of sulfonamides is 1. The normalized spacial score (nSPS) is 12.1. The Morgan fingerprint density at radius 3 is 2.67 bits per heavy atom. The lowest BCUT2D eigenvalue weighted by Gasteiger charge is -2.18. The van der Waals surface area contributed by atoms with Crippen molar-refractivity contribution in [2.24, 2.45) is 0 Å². The zero-order valence-corrected chi connectivity index (χ0v) is 11.8. The number of ether oxygens (including phenoxy) is 1. The van der Waals surface area contributed by atoms with Gasteiger partial charge in [0, 0.05) is 26.6 Å². The lowest BCUT2D eigenvalue weighted by Crippen LogP contribution is -2.30. The molecule has 1 aromatic carbocycles. The Kier molecular flexibility index (Phi) is 5.52. The van der Waals surface area contributed by atoms with Crippen molar-refractivity contribution in [3.05, 3.63) is 29.6 Å². The minimum atomic E-state index is -3.75. The molecule has 7 heteroatoms. The maximum atomic E-state index is 13.2. The predicted octanol–water partition coefficient (Wildman–Crippen LogP) is 1.83. The third-order valence-electron chi connectivity index (χ3n) is 2.47. The number of rotatable bonds is 6. The molecule has 0 saturated carbocycles. The number of alkyl halides is 1. The molecular weight excluding hydrogens is 281 g/mol. The van der Waals surface area contributed by atoms with Gasteiger partial charge in [0.05, 0.1) is 11.5 Å². The Labute approximate surface area is 111 Å². The lowest BCUT2D eigenvalue weighted by molar-refractivity contribution is 0.185. The van der Waals surface area contributed by atoms with E-state index in [0.29, 0.717) is 5.56 Å². The number of nitrogens with zero attached hydrogens (tertiary/aromatic N) is 1. The van der Waals surface area contributed by atoms with Crippen molar-refractivity contribution in [3.63, 3.8) is 0 Å². The zero-order chi connectivity index (χ0) is 13.8. The van der Waals surface area contributed by atoms with E-state index in [1.165, 1.54) is 26.3 Å². The number of hydrogen-bond acceptors (Lipinski definition) is 3. The van der Waals surface area contributed by atoms with Crippen LogP contribution in [0.3, 0.4) is 0 Å². The maximum absolute atomic E-state index is 13.2. The number of likely N-dealkylation sites (N-methyl/N-ethyl adjacent to an activating group) is 1. The molecule has 18 heavy (non-hydrogen) atoms. The number of benzene rings is 1. The van der Waals surface area contributed by atoms with Crippen LogP contribution in [0.25, 0.3) is 0 Å². The number of halogens is 2. The highest BCUT2D eigenvalue weighted by Crippen LogP contribution is 2.22. The van der Waals surface area contributed by atoms with Gasteiger partial charge in [-0.3, -0.25) is 0 Å². The molecule has 1 rings (SSSR count). The standard InChI is InChI=1S/C11H15ClFNO3S/c1-14(5-6-17-2)18(15,16)11-7-10(13)4-3-9(11)8-12/h3-4,7H,5-6,8H2,1-2H3. The highest BCUT2D eigenvalue weighted by Gasteiger charge is 2.23. The van der Waals surface area contributed by atoms with Crippen molar-refractivity contribution in [3.8, 4) is 0 Å². The van der Waals surface area contributed by atoms with Gasteiger partial charge in [-0.05, 0) is 17.7 Å². The van der Waals surface area contributed by atoms with Gasteiger partial charge >= 0.3 is 0 Å². The minimum Gasteiger partial charge on any atom is -0.383 e. The van der Waals surface area contributed by atoms with E-state index in [1.807, 2.05) is 0 Å². The summed E-state index contributed by atoms with van der Waals surface area (Å²) in [6, 6.07) is 3.54. The van der Waals surface area contributed by atoms with Crippen LogP contribution < -0.4 is 0 Å². The minimum absolute atomic E-state index is 0.00691. The molecular formula is C11H15ClFNO3S. The highest BCUT2D eigenvalue weighted by molar-refractivity contribution is 7.89. The van der Waals surface area contributed by atoms with Gasteiger partial charge in [0.2, 0.25) is 10.0 Å². The van der Waals surface area contributed by atoms with Crippen LogP contribution in [0.5, 0.6) is 0 Å². The number of methoxy groups -OCH3 is 1. The van der Waals surface area contributed by atoms with Crippen molar-refractivity contribution in [1.29, 1.82) is 0 Å². The second-order valence-electron chi connectivity index (χ2n) is 3.71. The maximum Gasteiger partial charge on any atom is 0.243 e. The van der Waals surface area contributed by atoms with Crippen LogP contribution in [0.4, 0.5) is 4.39 Å². The fourth-order valence-electron chi connectivity index (χ4n) is 1.39. The van der Waals surface area contributed by atoms with Crippen molar-refractivity contribution >= 4 is 21.6 Å². The molecule has 0 atom stereocenters. The average Bonchev–Trinajstić information content (AvgIpc) is 2.35. The summed E-state index contributed by atoms with van der Waals surface area (Å²) in [5, 5.41) is 0. The summed E-state index contributed by atoms with van der Waals surface area (Å²) in [6.45, 7) is 0.457. The first-order valence-corrected chi connectivity index (χ1v) is 7.20. The third kappa shape index (κ3) is 3.41. The molecule has 0 aliphatic carbocycles. The van der Waals surface area contributed by atoms with Crippen molar-refractivity contribution in [2.75, 3.05) is 27.3 Å². The van der Waals surface area contributed by atoms with Crippen LogP contribution >= 0.6 is 11.6 Å². The second-order valence-corrected chi connectivity index (χ2v) is 5.99. The largest absolute Gasteiger partial charge is 0.383 e. The van der Waals surface area contributed by atoms with E-state index in [2.05, 4.69) is 0 Å². The van der Waals surface area contributed by atoms with Crippen molar-refractivity contribution in [2.45, 2.75) is 10.8 Å². The van der Waals surface area contributed by atoms with Gasteiger partial charge in [0.1, 0.15) is 5.82 Å². The summed E-state index contributed by atoms with van der Waals surface area (Å²) < 4.78 is 43.5. The molecule has 0 spiro atoms. The SMILES string of the molecule is COCCN(C)S(=O)(=O)c1cc(F)ccc1CCl.